The minimum absolute atomic E-state index is 0.0550. The predicted molar refractivity (Wildman–Crippen MR) is 37.3 cm³/mol. The van der Waals surface area contributed by atoms with E-state index in [9.17, 15) is 4.79 Å². The molecule has 0 saturated carbocycles. The van der Waals surface area contributed by atoms with Gasteiger partial charge in [0.1, 0.15) is 10.3 Å². The van der Waals surface area contributed by atoms with E-state index in [4.69, 9.17) is 0 Å². The number of halogens is 1. The molecule has 0 aliphatic carbocycles. The standard InChI is InChI=1S/C5H5BrN2O/c1-3-4(9)2-5(6)8-7-3/h2H,1H3,(H,8,9). The molecule has 0 aliphatic heterocycles. The number of aromatic amines is 1. The van der Waals surface area contributed by atoms with Crippen molar-refractivity contribution in [2.24, 2.45) is 0 Å². The molecule has 0 spiro atoms. The van der Waals surface area contributed by atoms with Gasteiger partial charge in [-0.25, -0.2) is 0 Å². The molecule has 0 aliphatic rings. The maximum atomic E-state index is 10.7. The lowest BCUT2D eigenvalue weighted by Crippen LogP contribution is -2.06. The normalized spacial score (nSPS) is 9.56. The van der Waals surface area contributed by atoms with Crippen molar-refractivity contribution in [2.75, 3.05) is 0 Å². The predicted octanol–water partition coefficient (Wildman–Crippen LogP) is 0.841. The molecule has 0 aromatic carbocycles. The smallest absolute Gasteiger partial charge is 0.204 e. The molecule has 0 bridgehead atoms. The number of nitrogens with zero attached hydrogens (tertiary/aromatic N) is 1. The molecular weight excluding hydrogens is 184 g/mol. The van der Waals surface area contributed by atoms with Crippen LogP contribution in [0.5, 0.6) is 0 Å². The van der Waals surface area contributed by atoms with Gasteiger partial charge in [-0.1, -0.05) is 0 Å². The van der Waals surface area contributed by atoms with Crippen LogP contribution in [0.25, 0.3) is 0 Å². The molecule has 1 aromatic heterocycles. The van der Waals surface area contributed by atoms with Crippen molar-refractivity contribution < 1.29 is 0 Å². The Morgan fingerprint density at radius 2 is 2.44 bits per heavy atom. The Morgan fingerprint density at radius 3 is 2.89 bits per heavy atom. The average Bonchev–Trinajstić information content (AvgIpc) is 1.80. The molecule has 1 aromatic rings. The van der Waals surface area contributed by atoms with Crippen LogP contribution in [0.2, 0.25) is 0 Å². The van der Waals surface area contributed by atoms with Crippen molar-refractivity contribution in [1.82, 2.24) is 10.2 Å². The summed E-state index contributed by atoms with van der Waals surface area (Å²) < 4.78 is 0.609. The number of aryl methyl sites for hydroxylation is 1. The highest BCUT2D eigenvalue weighted by Crippen LogP contribution is 1.97. The zero-order valence-electron chi connectivity index (χ0n) is 4.81. The zero-order valence-corrected chi connectivity index (χ0v) is 6.40. The lowest BCUT2D eigenvalue weighted by atomic mass is 10.4. The molecule has 0 saturated heterocycles. The van der Waals surface area contributed by atoms with Gasteiger partial charge in [-0.15, -0.1) is 0 Å². The molecule has 1 heterocycles. The van der Waals surface area contributed by atoms with E-state index in [1.54, 1.807) is 6.92 Å². The fourth-order valence-corrected chi connectivity index (χ4v) is 0.741. The van der Waals surface area contributed by atoms with Crippen LogP contribution in [0.3, 0.4) is 0 Å². The summed E-state index contributed by atoms with van der Waals surface area (Å²) in [7, 11) is 0. The van der Waals surface area contributed by atoms with Gasteiger partial charge < -0.3 is 0 Å². The van der Waals surface area contributed by atoms with Crippen LogP contribution in [0.15, 0.2) is 15.5 Å². The van der Waals surface area contributed by atoms with Crippen molar-refractivity contribution in [1.29, 1.82) is 0 Å². The van der Waals surface area contributed by atoms with Crippen LogP contribution in [0, 0.1) is 6.92 Å². The minimum Gasteiger partial charge on any atom is -0.288 e. The fourth-order valence-electron chi connectivity index (χ4n) is 0.444. The van der Waals surface area contributed by atoms with E-state index in [0.29, 0.717) is 10.3 Å². The van der Waals surface area contributed by atoms with E-state index in [2.05, 4.69) is 26.1 Å². The number of hydrogen-bond donors (Lipinski definition) is 1. The van der Waals surface area contributed by atoms with E-state index < -0.39 is 0 Å². The molecule has 48 valence electrons. The molecular formula is C5H5BrN2O. The maximum Gasteiger partial charge on any atom is 0.204 e. The summed E-state index contributed by atoms with van der Waals surface area (Å²) in [6, 6.07) is 1.45. The van der Waals surface area contributed by atoms with E-state index in [1.807, 2.05) is 0 Å². The summed E-state index contributed by atoms with van der Waals surface area (Å²) in [4.78, 5) is 10.7. The maximum absolute atomic E-state index is 10.7. The fraction of sp³-hybridized carbons (Fsp3) is 0.200. The van der Waals surface area contributed by atoms with E-state index in [1.165, 1.54) is 6.07 Å². The third-order valence-electron chi connectivity index (χ3n) is 0.945. The first kappa shape index (κ1) is 6.48. The average molecular weight is 189 g/mol. The molecule has 4 heteroatoms. The monoisotopic (exact) mass is 188 g/mol. The molecule has 1 rings (SSSR count). The van der Waals surface area contributed by atoms with Gasteiger partial charge in [0, 0.05) is 6.07 Å². The Hall–Kier alpha value is -0.640. The molecule has 0 atom stereocenters. The molecule has 0 unspecified atom stereocenters. The van der Waals surface area contributed by atoms with Gasteiger partial charge >= 0.3 is 0 Å². The lowest BCUT2D eigenvalue weighted by molar-refractivity contribution is 0.943. The van der Waals surface area contributed by atoms with Crippen molar-refractivity contribution in [3.05, 3.63) is 26.6 Å². The second-order valence-corrected chi connectivity index (χ2v) is 2.52. The van der Waals surface area contributed by atoms with Crippen LogP contribution in [-0.4, -0.2) is 10.2 Å². The van der Waals surface area contributed by atoms with Crippen molar-refractivity contribution >= 4 is 15.9 Å². The Kier molecular flexibility index (Phi) is 1.66. The van der Waals surface area contributed by atoms with Crippen molar-refractivity contribution in [3.63, 3.8) is 0 Å². The number of hydrogen-bond acceptors (Lipinski definition) is 2. The van der Waals surface area contributed by atoms with Crippen LogP contribution >= 0.6 is 15.9 Å². The van der Waals surface area contributed by atoms with E-state index >= 15 is 0 Å². The molecule has 0 radical (unpaired) electrons. The van der Waals surface area contributed by atoms with Crippen LogP contribution < -0.4 is 5.43 Å². The van der Waals surface area contributed by atoms with E-state index in [-0.39, 0.29) is 5.43 Å². The summed E-state index contributed by atoms with van der Waals surface area (Å²) in [6.07, 6.45) is 0. The van der Waals surface area contributed by atoms with Crippen molar-refractivity contribution in [2.45, 2.75) is 6.92 Å². The highest BCUT2D eigenvalue weighted by molar-refractivity contribution is 9.10. The molecule has 0 amide bonds. The second kappa shape index (κ2) is 2.31. The highest BCUT2D eigenvalue weighted by atomic mass is 79.9. The highest BCUT2D eigenvalue weighted by Gasteiger charge is 1.92. The molecule has 3 nitrogen and oxygen atoms in total. The summed E-state index contributed by atoms with van der Waals surface area (Å²) in [5.41, 5.74) is 0.429. The third kappa shape index (κ3) is 1.38. The Bertz CT molecular complexity index is 268. The van der Waals surface area contributed by atoms with Crippen LogP contribution in [0.4, 0.5) is 0 Å². The second-order valence-electron chi connectivity index (χ2n) is 1.67. The first-order valence-electron chi connectivity index (χ1n) is 2.42. The quantitative estimate of drug-likeness (QED) is 0.657. The third-order valence-corrected chi connectivity index (χ3v) is 1.35. The topological polar surface area (TPSA) is 45.8 Å². The number of aromatic nitrogens is 2. The SMILES string of the molecule is Cc1n[nH]c(Br)cc1=O. The van der Waals surface area contributed by atoms with Gasteiger partial charge in [0.25, 0.3) is 0 Å². The van der Waals surface area contributed by atoms with Crippen molar-refractivity contribution in [3.8, 4) is 0 Å². The summed E-state index contributed by atoms with van der Waals surface area (Å²) in [5, 5.41) is 6.30. The Balaban J connectivity index is 3.34. The number of H-pyrrole nitrogens is 1. The minimum atomic E-state index is -0.0550. The lowest BCUT2D eigenvalue weighted by Gasteiger charge is -1.88. The van der Waals surface area contributed by atoms with Gasteiger partial charge in [-0.3, -0.25) is 9.89 Å². The van der Waals surface area contributed by atoms with Gasteiger partial charge in [-0.05, 0) is 22.9 Å². The van der Waals surface area contributed by atoms with Gasteiger partial charge in [0.2, 0.25) is 5.43 Å². The van der Waals surface area contributed by atoms with Gasteiger partial charge in [0.15, 0.2) is 0 Å². The summed E-state index contributed by atoms with van der Waals surface area (Å²) in [6.45, 7) is 1.66. The first-order chi connectivity index (χ1) is 4.20. The summed E-state index contributed by atoms with van der Waals surface area (Å²) in [5.74, 6) is 0. The first-order valence-corrected chi connectivity index (χ1v) is 3.21. The Morgan fingerprint density at radius 1 is 1.78 bits per heavy atom. The van der Waals surface area contributed by atoms with Gasteiger partial charge in [0.05, 0.1) is 0 Å². The summed E-state index contributed by atoms with van der Waals surface area (Å²) >= 11 is 3.08. The molecule has 9 heavy (non-hydrogen) atoms. The van der Waals surface area contributed by atoms with E-state index in [0.717, 1.165) is 0 Å². The number of rotatable bonds is 0. The Labute approximate surface area is 60.2 Å². The largest absolute Gasteiger partial charge is 0.288 e. The molecule has 0 fully saturated rings. The molecule has 1 N–H and O–H groups in total. The number of nitrogens with one attached hydrogen (secondary N) is 1. The van der Waals surface area contributed by atoms with Gasteiger partial charge in [-0.2, -0.15) is 5.10 Å². The van der Waals surface area contributed by atoms with Crippen LogP contribution in [-0.2, 0) is 0 Å². The van der Waals surface area contributed by atoms with Crippen LogP contribution in [0.1, 0.15) is 5.69 Å². The zero-order chi connectivity index (χ0) is 6.85.